The Morgan fingerprint density at radius 2 is 1.82 bits per heavy atom. The van der Waals surface area contributed by atoms with Crippen LogP contribution in [0.5, 0.6) is 0 Å². The van der Waals surface area contributed by atoms with Crippen LogP contribution in [0.2, 0.25) is 0 Å². The first-order valence-electron chi connectivity index (χ1n) is 11.4. The SMILES string of the molecule is CCCCCCN1c2ccc([N+](=O)[O-])cc2C(O)=C(C(=O)OC(C)(C)C)C1c1ccccc1. The van der Waals surface area contributed by atoms with Crippen molar-refractivity contribution < 1.29 is 19.6 Å². The van der Waals surface area contributed by atoms with Crippen molar-refractivity contribution in [2.75, 3.05) is 11.4 Å². The van der Waals surface area contributed by atoms with Crippen LogP contribution in [0.15, 0.2) is 54.1 Å². The fourth-order valence-corrected chi connectivity index (χ4v) is 4.13. The number of benzene rings is 2. The van der Waals surface area contributed by atoms with E-state index in [1.165, 1.54) is 12.1 Å². The van der Waals surface area contributed by atoms with E-state index < -0.39 is 22.5 Å². The van der Waals surface area contributed by atoms with E-state index in [-0.39, 0.29) is 22.6 Å². The second-order valence-electron chi connectivity index (χ2n) is 9.29. The van der Waals surface area contributed by atoms with E-state index >= 15 is 0 Å². The van der Waals surface area contributed by atoms with Crippen molar-refractivity contribution in [3.63, 3.8) is 0 Å². The molecule has 0 bridgehead atoms. The first kappa shape index (κ1) is 24.3. The molecule has 0 saturated carbocycles. The molecular weight excluding hydrogens is 420 g/mol. The van der Waals surface area contributed by atoms with Gasteiger partial charge in [0, 0.05) is 29.9 Å². The molecule has 1 atom stereocenters. The van der Waals surface area contributed by atoms with Crippen molar-refractivity contribution in [2.45, 2.75) is 65.0 Å². The maximum Gasteiger partial charge on any atom is 0.340 e. The van der Waals surface area contributed by atoms with E-state index in [0.717, 1.165) is 31.2 Å². The summed E-state index contributed by atoms with van der Waals surface area (Å²) in [6.07, 6.45) is 4.09. The summed E-state index contributed by atoms with van der Waals surface area (Å²) >= 11 is 0. The number of nitro groups is 1. The number of hydrogen-bond donors (Lipinski definition) is 1. The van der Waals surface area contributed by atoms with E-state index in [4.69, 9.17) is 4.74 Å². The Morgan fingerprint density at radius 1 is 1.12 bits per heavy atom. The number of fused-ring (bicyclic) bond motifs is 1. The molecule has 1 N–H and O–H groups in total. The van der Waals surface area contributed by atoms with Crippen LogP contribution in [0.25, 0.3) is 5.76 Å². The van der Waals surface area contributed by atoms with Crippen molar-refractivity contribution in [3.8, 4) is 0 Å². The number of hydrogen-bond acceptors (Lipinski definition) is 6. The van der Waals surface area contributed by atoms with Gasteiger partial charge in [0.25, 0.3) is 5.69 Å². The van der Waals surface area contributed by atoms with Gasteiger partial charge in [0.05, 0.1) is 11.0 Å². The Morgan fingerprint density at radius 3 is 2.42 bits per heavy atom. The molecule has 0 fully saturated rings. The second-order valence-corrected chi connectivity index (χ2v) is 9.29. The number of rotatable bonds is 8. The number of non-ortho nitro benzene ring substituents is 1. The van der Waals surface area contributed by atoms with Crippen LogP contribution in [0.3, 0.4) is 0 Å². The number of aliphatic hydroxyl groups is 1. The van der Waals surface area contributed by atoms with Gasteiger partial charge in [-0.1, -0.05) is 56.5 Å². The summed E-state index contributed by atoms with van der Waals surface area (Å²) in [5.41, 5.74) is 0.959. The zero-order valence-corrected chi connectivity index (χ0v) is 19.7. The third-order valence-corrected chi connectivity index (χ3v) is 5.58. The van der Waals surface area contributed by atoms with Crippen LogP contribution in [-0.4, -0.2) is 28.1 Å². The molecule has 0 aromatic heterocycles. The number of ether oxygens (including phenoxy) is 1. The predicted molar refractivity (Wildman–Crippen MR) is 129 cm³/mol. The molecule has 7 nitrogen and oxygen atoms in total. The van der Waals surface area contributed by atoms with Crippen molar-refractivity contribution in [3.05, 3.63) is 75.3 Å². The van der Waals surface area contributed by atoms with Crippen LogP contribution in [-0.2, 0) is 9.53 Å². The van der Waals surface area contributed by atoms with Crippen LogP contribution in [0.1, 0.15) is 70.5 Å². The van der Waals surface area contributed by atoms with Gasteiger partial charge in [0.2, 0.25) is 0 Å². The number of carbonyl (C=O) groups is 1. The maximum absolute atomic E-state index is 13.4. The number of anilines is 1. The van der Waals surface area contributed by atoms with Gasteiger partial charge in [-0.2, -0.15) is 0 Å². The fraction of sp³-hybridized carbons (Fsp3) is 0.423. The summed E-state index contributed by atoms with van der Waals surface area (Å²) in [5.74, 6) is -0.911. The van der Waals surface area contributed by atoms with Crippen molar-refractivity contribution in [1.82, 2.24) is 0 Å². The van der Waals surface area contributed by atoms with Gasteiger partial charge >= 0.3 is 5.97 Å². The van der Waals surface area contributed by atoms with Gasteiger partial charge in [-0.05, 0) is 38.8 Å². The minimum atomic E-state index is -0.763. The summed E-state index contributed by atoms with van der Waals surface area (Å²) in [7, 11) is 0. The lowest BCUT2D eigenvalue weighted by Crippen LogP contribution is -2.39. The minimum Gasteiger partial charge on any atom is -0.507 e. The summed E-state index contributed by atoms with van der Waals surface area (Å²) in [6, 6.07) is 13.4. The third-order valence-electron chi connectivity index (χ3n) is 5.58. The van der Waals surface area contributed by atoms with E-state index in [1.807, 2.05) is 30.3 Å². The number of carbonyl (C=O) groups excluding carboxylic acids is 1. The van der Waals surface area contributed by atoms with E-state index in [9.17, 15) is 20.0 Å². The van der Waals surface area contributed by atoms with E-state index in [1.54, 1.807) is 26.8 Å². The lowest BCUT2D eigenvalue weighted by molar-refractivity contribution is -0.384. The Kier molecular flexibility index (Phi) is 7.41. The molecule has 1 aliphatic rings. The molecule has 0 saturated heterocycles. The smallest absolute Gasteiger partial charge is 0.340 e. The largest absolute Gasteiger partial charge is 0.507 e. The molecule has 1 unspecified atom stereocenters. The van der Waals surface area contributed by atoms with Gasteiger partial charge in [-0.25, -0.2) is 4.79 Å². The first-order chi connectivity index (χ1) is 15.6. The summed E-state index contributed by atoms with van der Waals surface area (Å²) in [4.78, 5) is 26.3. The zero-order chi connectivity index (χ0) is 24.2. The summed E-state index contributed by atoms with van der Waals surface area (Å²) in [5, 5.41) is 22.7. The molecule has 0 amide bonds. The molecule has 33 heavy (non-hydrogen) atoms. The highest BCUT2D eigenvalue weighted by molar-refractivity contribution is 6.02. The number of nitrogens with zero attached hydrogens (tertiary/aromatic N) is 2. The minimum absolute atomic E-state index is 0.0969. The van der Waals surface area contributed by atoms with Gasteiger partial charge in [0.15, 0.2) is 0 Å². The van der Waals surface area contributed by atoms with Crippen LogP contribution in [0.4, 0.5) is 11.4 Å². The third kappa shape index (κ3) is 5.53. The average Bonchev–Trinajstić information content (AvgIpc) is 2.76. The second kappa shape index (κ2) is 10.1. The number of aliphatic hydroxyl groups excluding tert-OH is 1. The molecule has 7 heteroatoms. The molecule has 0 radical (unpaired) electrons. The Labute approximate surface area is 194 Å². The molecule has 1 heterocycles. The number of esters is 1. The number of unbranched alkanes of at least 4 members (excludes halogenated alkanes) is 3. The van der Waals surface area contributed by atoms with Crippen LogP contribution < -0.4 is 4.90 Å². The van der Waals surface area contributed by atoms with Crippen molar-refractivity contribution in [2.24, 2.45) is 0 Å². The molecule has 0 spiro atoms. The first-order valence-corrected chi connectivity index (χ1v) is 11.4. The Bertz CT molecular complexity index is 1040. The predicted octanol–water partition coefficient (Wildman–Crippen LogP) is 6.35. The summed E-state index contributed by atoms with van der Waals surface area (Å²) < 4.78 is 5.67. The van der Waals surface area contributed by atoms with Crippen molar-refractivity contribution in [1.29, 1.82) is 0 Å². The Hall–Kier alpha value is -3.35. The molecular formula is C26H32N2O5. The molecule has 0 aliphatic carbocycles. The lowest BCUT2D eigenvalue weighted by atomic mass is 9.88. The molecule has 2 aromatic rings. The van der Waals surface area contributed by atoms with Crippen LogP contribution >= 0.6 is 0 Å². The zero-order valence-electron chi connectivity index (χ0n) is 19.7. The maximum atomic E-state index is 13.4. The van der Waals surface area contributed by atoms with Crippen molar-refractivity contribution >= 4 is 23.1 Å². The quantitative estimate of drug-likeness (QED) is 0.217. The Balaban J connectivity index is 2.20. The molecule has 2 aromatic carbocycles. The van der Waals surface area contributed by atoms with E-state index in [2.05, 4.69) is 11.8 Å². The topological polar surface area (TPSA) is 92.9 Å². The summed E-state index contributed by atoms with van der Waals surface area (Å²) in [6.45, 7) is 8.08. The lowest BCUT2D eigenvalue weighted by Gasteiger charge is -2.40. The highest BCUT2D eigenvalue weighted by Gasteiger charge is 2.40. The van der Waals surface area contributed by atoms with Gasteiger partial charge in [-0.3, -0.25) is 10.1 Å². The van der Waals surface area contributed by atoms with E-state index in [0.29, 0.717) is 12.2 Å². The monoisotopic (exact) mass is 452 g/mol. The average molecular weight is 453 g/mol. The molecule has 3 rings (SSSR count). The standard InChI is InChI=1S/C26H32N2O5/c1-5-6-7-11-16-27-21-15-14-19(28(31)32)17-20(21)24(29)22(25(30)33-26(2,3)4)23(27)18-12-9-8-10-13-18/h8-10,12-15,17,23,29H,5-7,11,16H2,1-4H3. The highest BCUT2D eigenvalue weighted by atomic mass is 16.6. The van der Waals surface area contributed by atoms with Gasteiger partial charge in [0.1, 0.15) is 16.9 Å². The van der Waals surface area contributed by atoms with Crippen LogP contribution in [0, 0.1) is 10.1 Å². The number of nitro benzene ring substituents is 1. The highest BCUT2D eigenvalue weighted by Crippen LogP contribution is 2.46. The molecule has 176 valence electrons. The van der Waals surface area contributed by atoms with Gasteiger partial charge in [-0.15, -0.1) is 0 Å². The molecule has 1 aliphatic heterocycles. The fourth-order valence-electron chi connectivity index (χ4n) is 4.13. The normalized spacial score (nSPS) is 15.9. The van der Waals surface area contributed by atoms with Gasteiger partial charge < -0.3 is 14.7 Å².